The highest BCUT2D eigenvalue weighted by molar-refractivity contribution is 9.11. The Labute approximate surface area is 184 Å². The van der Waals surface area contributed by atoms with Gasteiger partial charge in [-0.3, -0.25) is 4.99 Å². The number of para-hydroxylation sites is 1. The van der Waals surface area contributed by atoms with Crippen LogP contribution < -0.4 is 0 Å². The zero-order chi connectivity index (χ0) is 20.7. The van der Waals surface area contributed by atoms with E-state index in [1.54, 1.807) is 13.1 Å². The van der Waals surface area contributed by atoms with Crippen LogP contribution in [0.15, 0.2) is 60.8 Å². The van der Waals surface area contributed by atoms with Crippen LogP contribution in [0.25, 0.3) is 22.6 Å². The summed E-state index contributed by atoms with van der Waals surface area (Å²) in [6.45, 7) is 3.79. The molecule has 146 valence electrons. The fourth-order valence-corrected chi connectivity index (χ4v) is 4.09. The molecule has 0 atom stereocenters. The van der Waals surface area contributed by atoms with Crippen LogP contribution in [-0.4, -0.2) is 21.4 Å². The van der Waals surface area contributed by atoms with Crippen molar-refractivity contribution in [1.29, 1.82) is 0 Å². The Balaban J connectivity index is 1.64. The highest BCUT2D eigenvalue weighted by Crippen LogP contribution is 2.43. The molecule has 0 unspecified atom stereocenters. The number of phenols is 2. The molecule has 1 heterocycles. The number of aromatic nitrogens is 1. The van der Waals surface area contributed by atoms with Gasteiger partial charge in [0.05, 0.1) is 10.2 Å². The van der Waals surface area contributed by atoms with E-state index < -0.39 is 0 Å². The Morgan fingerprint density at radius 3 is 2.38 bits per heavy atom. The molecule has 4 aromatic rings. The van der Waals surface area contributed by atoms with Crippen LogP contribution in [-0.2, 0) is 0 Å². The van der Waals surface area contributed by atoms with Gasteiger partial charge in [-0.25, -0.2) is 4.98 Å². The molecule has 2 N–H and O–H groups in total. The molecule has 0 aliphatic heterocycles. The minimum atomic E-state index is -0.0644. The lowest BCUT2D eigenvalue weighted by atomic mass is 10.1. The molecule has 4 rings (SSSR count). The molecule has 0 saturated heterocycles. The molecule has 3 aromatic carbocycles. The molecule has 5 nitrogen and oxygen atoms in total. The number of nitrogens with zero attached hydrogens (tertiary/aromatic N) is 2. The molecule has 0 amide bonds. The second-order valence-electron chi connectivity index (χ2n) is 6.61. The lowest BCUT2D eigenvalue weighted by Crippen LogP contribution is -1.92. The molecule has 0 spiro atoms. The van der Waals surface area contributed by atoms with E-state index in [1.165, 1.54) is 0 Å². The molecule has 0 aliphatic rings. The average molecular weight is 516 g/mol. The number of fused-ring (bicyclic) bond motifs is 1. The zero-order valence-electron chi connectivity index (χ0n) is 15.6. The van der Waals surface area contributed by atoms with Gasteiger partial charge in [0, 0.05) is 17.3 Å². The highest BCUT2D eigenvalue weighted by atomic mass is 79.9. The van der Waals surface area contributed by atoms with Crippen molar-refractivity contribution in [1.82, 2.24) is 4.98 Å². The summed E-state index contributed by atoms with van der Waals surface area (Å²) >= 11 is 6.51. The van der Waals surface area contributed by atoms with E-state index in [4.69, 9.17) is 4.42 Å². The first-order valence-corrected chi connectivity index (χ1v) is 10.4. The van der Waals surface area contributed by atoms with Crippen LogP contribution >= 0.6 is 31.9 Å². The molecule has 1 aromatic heterocycles. The SMILES string of the molecule is Cc1c(Br)c(O)c(Br)c(O)c1C=Nc1ccc(-c2nc3c(C)cccc3o2)cc1. The smallest absolute Gasteiger partial charge is 0.227 e. The Morgan fingerprint density at radius 2 is 1.69 bits per heavy atom. The zero-order valence-corrected chi connectivity index (χ0v) is 18.7. The van der Waals surface area contributed by atoms with E-state index in [0.717, 1.165) is 22.2 Å². The topological polar surface area (TPSA) is 78.9 Å². The number of oxazole rings is 1. The third-order valence-corrected chi connectivity index (χ3v) is 6.41. The highest BCUT2D eigenvalue weighted by Gasteiger charge is 2.17. The van der Waals surface area contributed by atoms with Crippen molar-refractivity contribution in [2.75, 3.05) is 0 Å². The van der Waals surface area contributed by atoms with Gasteiger partial charge in [0.15, 0.2) is 5.58 Å². The monoisotopic (exact) mass is 514 g/mol. The van der Waals surface area contributed by atoms with Crippen molar-refractivity contribution < 1.29 is 14.6 Å². The molecule has 0 saturated carbocycles. The number of aromatic hydroxyl groups is 2. The standard InChI is InChI=1S/C22H16Br2N2O3/c1-11-4-3-5-16-19(11)26-22(29-16)13-6-8-14(9-7-13)25-10-15-12(2)17(23)21(28)18(24)20(15)27/h3-10,27-28H,1-2H3. The number of halogens is 2. The molecule has 0 fully saturated rings. The third-order valence-electron chi connectivity index (χ3n) is 4.69. The number of hydrogen-bond donors (Lipinski definition) is 2. The predicted octanol–water partition coefficient (Wildman–Crippen LogP) is 6.80. The summed E-state index contributed by atoms with van der Waals surface area (Å²) in [6.07, 6.45) is 1.57. The number of phenolic OH excluding ortho intramolecular Hbond substituents is 2. The van der Waals surface area contributed by atoms with E-state index in [0.29, 0.717) is 27.2 Å². The van der Waals surface area contributed by atoms with E-state index >= 15 is 0 Å². The molecule has 7 heteroatoms. The van der Waals surface area contributed by atoms with Crippen LogP contribution in [0.5, 0.6) is 11.5 Å². The fraction of sp³-hybridized carbons (Fsp3) is 0.0909. The number of aryl methyl sites for hydroxylation is 1. The first kappa shape index (κ1) is 19.7. The van der Waals surface area contributed by atoms with Gasteiger partial charge in [-0.15, -0.1) is 0 Å². The Bertz CT molecular complexity index is 1230. The van der Waals surface area contributed by atoms with Gasteiger partial charge < -0.3 is 14.6 Å². The van der Waals surface area contributed by atoms with Gasteiger partial charge in [0.1, 0.15) is 21.5 Å². The van der Waals surface area contributed by atoms with Gasteiger partial charge >= 0.3 is 0 Å². The van der Waals surface area contributed by atoms with Gasteiger partial charge in [-0.1, -0.05) is 12.1 Å². The second-order valence-corrected chi connectivity index (χ2v) is 8.20. The summed E-state index contributed by atoms with van der Waals surface area (Å²) in [4.78, 5) is 9.03. The number of rotatable bonds is 3. The first-order chi connectivity index (χ1) is 13.9. The molecular formula is C22H16Br2N2O3. The summed E-state index contributed by atoms with van der Waals surface area (Å²) in [5.74, 6) is 0.449. The molecule has 0 aliphatic carbocycles. The number of hydrogen-bond acceptors (Lipinski definition) is 5. The predicted molar refractivity (Wildman–Crippen MR) is 121 cm³/mol. The van der Waals surface area contributed by atoms with E-state index in [2.05, 4.69) is 41.8 Å². The molecule has 29 heavy (non-hydrogen) atoms. The van der Waals surface area contributed by atoms with Crippen LogP contribution in [0, 0.1) is 13.8 Å². The van der Waals surface area contributed by atoms with Crippen molar-refractivity contribution in [3.63, 3.8) is 0 Å². The van der Waals surface area contributed by atoms with E-state index in [-0.39, 0.29) is 16.0 Å². The summed E-state index contributed by atoms with van der Waals surface area (Å²) in [5, 5.41) is 20.3. The average Bonchev–Trinajstić information content (AvgIpc) is 3.17. The van der Waals surface area contributed by atoms with Gasteiger partial charge in [-0.2, -0.15) is 0 Å². The maximum absolute atomic E-state index is 10.3. The third kappa shape index (κ3) is 3.56. The Hall–Kier alpha value is -2.64. The van der Waals surface area contributed by atoms with E-state index in [9.17, 15) is 10.2 Å². The van der Waals surface area contributed by atoms with Crippen molar-refractivity contribution in [3.8, 4) is 23.0 Å². The van der Waals surface area contributed by atoms with Crippen molar-refractivity contribution >= 4 is 54.9 Å². The van der Waals surface area contributed by atoms with Crippen LogP contribution in [0.3, 0.4) is 0 Å². The summed E-state index contributed by atoms with van der Waals surface area (Å²) in [7, 11) is 0. The van der Waals surface area contributed by atoms with Gasteiger partial charge in [0.2, 0.25) is 5.89 Å². The lowest BCUT2D eigenvalue weighted by molar-refractivity contribution is 0.441. The van der Waals surface area contributed by atoms with Crippen molar-refractivity contribution in [2.24, 2.45) is 4.99 Å². The summed E-state index contributed by atoms with van der Waals surface area (Å²) in [6, 6.07) is 13.3. The molecule has 0 radical (unpaired) electrons. The van der Waals surface area contributed by atoms with Crippen LogP contribution in [0.4, 0.5) is 5.69 Å². The van der Waals surface area contributed by atoms with Crippen molar-refractivity contribution in [2.45, 2.75) is 13.8 Å². The van der Waals surface area contributed by atoms with Crippen molar-refractivity contribution in [3.05, 3.63) is 68.1 Å². The maximum atomic E-state index is 10.3. The van der Waals surface area contributed by atoms with Crippen LogP contribution in [0.1, 0.15) is 16.7 Å². The Kier molecular flexibility index (Phi) is 5.19. The lowest BCUT2D eigenvalue weighted by Gasteiger charge is -2.10. The largest absolute Gasteiger partial charge is 0.506 e. The quantitative estimate of drug-likeness (QED) is 0.294. The maximum Gasteiger partial charge on any atom is 0.227 e. The normalized spacial score (nSPS) is 11.6. The van der Waals surface area contributed by atoms with Crippen LogP contribution in [0.2, 0.25) is 0 Å². The fourth-order valence-electron chi connectivity index (χ4n) is 3.00. The molecular weight excluding hydrogens is 500 g/mol. The number of benzene rings is 3. The Morgan fingerprint density at radius 1 is 0.966 bits per heavy atom. The second kappa shape index (κ2) is 7.65. The minimum Gasteiger partial charge on any atom is -0.506 e. The first-order valence-electron chi connectivity index (χ1n) is 8.77. The van der Waals surface area contributed by atoms with E-state index in [1.807, 2.05) is 49.4 Å². The minimum absolute atomic E-state index is 0.0462. The molecule has 0 bridgehead atoms. The van der Waals surface area contributed by atoms with Gasteiger partial charge in [0.25, 0.3) is 0 Å². The summed E-state index contributed by atoms with van der Waals surface area (Å²) in [5.41, 5.74) is 5.45. The van der Waals surface area contributed by atoms with Gasteiger partial charge in [-0.05, 0) is 87.2 Å². The summed E-state index contributed by atoms with van der Waals surface area (Å²) < 4.78 is 6.58. The number of aliphatic imine (C=N–C) groups is 1.